The summed E-state index contributed by atoms with van der Waals surface area (Å²) in [7, 11) is 0. The van der Waals surface area contributed by atoms with Crippen LogP contribution in [0.25, 0.3) is 0 Å². The van der Waals surface area contributed by atoms with Crippen molar-refractivity contribution in [3.05, 3.63) is 59.3 Å². The Balaban J connectivity index is 2.30. The third-order valence-corrected chi connectivity index (χ3v) is 2.96. The van der Waals surface area contributed by atoms with Crippen molar-refractivity contribution in [2.45, 2.75) is 20.3 Å². The Morgan fingerprint density at radius 1 is 1.21 bits per heavy atom. The van der Waals surface area contributed by atoms with Crippen LogP contribution in [0.2, 0.25) is 0 Å². The maximum Gasteiger partial charge on any atom is 0.135 e. The number of aromatic nitrogens is 1. The topological polar surface area (TPSA) is 48.8 Å². The Hall–Kier alpha value is -2.16. The smallest absolute Gasteiger partial charge is 0.135 e. The van der Waals surface area contributed by atoms with Gasteiger partial charge in [-0.2, -0.15) is 0 Å². The van der Waals surface area contributed by atoms with E-state index >= 15 is 0 Å². The van der Waals surface area contributed by atoms with E-state index in [0.29, 0.717) is 5.71 Å². The van der Waals surface area contributed by atoms with Gasteiger partial charge in [-0.25, -0.2) is 4.98 Å². The molecule has 3 heteroatoms. The van der Waals surface area contributed by atoms with E-state index < -0.39 is 0 Å². The minimum absolute atomic E-state index is 0.506. The lowest BCUT2D eigenvalue weighted by molar-refractivity contribution is 0.968. The summed E-state index contributed by atoms with van der Waals surface area (Å²) in [6, 6.07) is 11.8. The van der Waals surface area contributed by atoms with E-state index in [2.05, 4.69) is 17.2 Å². The number of nitrogens with zero attached hydrogens (tertiary/aromatic N) is 1. The lowest BCUT2D eigenvalue weighted by Gasteiger charge is -2.11. The van der Waals surface area contributed by atoms with Crippen molar-refractivity contribution < 1.29 is 0 Å². The standard InChI is InChI=1S/C16H19N3/c1-3-10-18-16-14(5-4-11-19-16)15(17)13-8-6-12(2)7-9-13/h4-9,11,17H,3,10H2,1-2H3,(H,18,19). The van der Waals surface area contributed by atoms with Crippen molar-refractivity contribution in [1.29, 1.82) is 5.41 Å². The van der Waals surface area contributed by atoms with E-state index in [1.54, 1.807) is 6.20 Å². The number of aryl methyl sites for hydroxylation is 1. The van der Waals surface area contributed by atoms with E-state index in [1.807, 2.05) is 43.3 Å². The molecule has 0 fully saturated rings. The van der Waals surface area contributed by atoms with Crippen LogP contribution in [-0.2, 0) is 0 Å². The number of anilines is 1. The van der Waals surface area contributed by atoms with Crippen LogP contribution in [0, 0.1) is 12.3 Å². The first-order chi connectivity index (χ1) is 9.22. The van der Waals surface area contributed by atoms with Gasteiger partial charge in [0.2, 0.25) is 0 Å². The summed E-state index contributed by atoms with van der Waals surface area (Å²) in [5.41, 5.74) is 3.47. The van der Waals surface area contributed by atoms with E-state index in [1.165, 1.54) is 5.56 Å². The Morgan fingerprint density at radius 3 is 2.63 bits per heavy atom. The number of benzene rings is 1. The molecule has 19 heavy (non-hydrogen) atoms. The van der Waals surface area contributed by atoms with Gasteiger partial charge in [-0.1, -0.05) is 36.8 Å². The lowest BCUT2D eigenvalue weighted by atomic mass is 10.0. The fourth-order valence-corrected chi connectivity index (χ4v) is 1.87. The molecule has 2 N–H and O–H groups in total. The highest BCUT2D eigenvalue weighted by molar-refractivity contribution is 6.13. The summed E-state index contributed by atoms with van der Waals surface area (Å²) in [6.45, 7) is 5.03. The molecule has 3 nitrogen and oxygen atoms in total. The summed E-state index contributed by atoms with van der Waals surface area (Å²) in [5, 5.41) is 11.6. The zero-order valence-corrected chi connectivity index (χ0v) is 11.4. The average Bonchev–Trinajstić information content (AvgIpc) is 2.45. The maximum absolute atomic E-state index is 8.34. The molecule has 2 aromatic rings. The Kier molecular flexibility index (Phi) is 4.29. The van der Waals surface area contributed by atoms with Crippen LogP contribution >= 0.6 is 0 Å². The molecule has 1 heterocycles. The first-order valence-corrected chi connectivity index (χ1v) is 6.57. The molecule has 0 amide bonds. The third-order valence-electron chi connectivity index (χ3n) is 2.96. The number of hydrogen-bond acceptors (Lipinski definition) is 3. The van der Waals surface area contributed by atoms with Crippen molar-refractivity contribution in [2.24, 2.45) is 0 Å². The predicted molar refractivity (Wildman–Crippen MR) is 80.1 cm³/mol. The number of hydrogen-bond donors (Lipinski definition) is 2. The monoisotopic (exact) mass is 253 g/mol. The molecular formula is C16H19N3. The van der Waals surface area contributed by atoms with Crippen LogP contribution in [0.15, 0.2) is 42.6 Å². The van der Waals surface area contributed by atoms with Crippen LogP contribution in [0.4, 0.5) is 5.82 Å². The van der Waals surface area contributed by atoms with Gasteiger partial charge in [-0.3, -0.25) is 5.41 Å². The molecule has 1 aromatic heterocycles. The van der Waals surface area contributed by atoms with Crippen LogP contribution in [0.3, 0.4) is 0 Å². The molecule has 0 saturated heterocycles. The summed E-state index contributed by atoms with van der Waals surface area (Å²) >= 11 is 0. The van der Waals surface area contributed by atoms with Crippen molar-refractivity contribution >= 4 is 11.5 Å². The predicted octanol–water partition coefficient (Wildman–Crippen LogP) is 3.63. The molecule has 98 valence electrons. The molecule has 0 spiro atoms. The maximum atomic E-state index is 8.34. The van der Waals surface area contributed by atoms with Crippen LogP contribution in [0.5, 0.6) is 0 Å². The normalized spacial score (nSPS) is 10.2. The van der Waals surface area contributed by atoms with Gasteiger partial charge >= 0.3 is 0 Å². The zero-order valence-electron chi connectivity index (χ0n) is 11.4. The van der Waals surface area contributed by atoms with Gasteiger partial charge in [0.15, 0.2) is 0 Å². The lowest BCUT2D eigenvalue weighted by Crippen LogP contribution is -2.10. The highest BCUT2D eigenvalue weighted by Gasteiger charge is 2.10. The van der Waals surface area contributed by atoms with Crippen molar-refractivity contribution in [1.82, 2.24) is 4.98 Å². The molecule has 0 radical (unpaired) electrons. The zero-order chi connectivity index (χ0) is 13.7. The van der Waals surface area contributed by atoms with E-state index in [4.69, 9.17) is 5.41 Å². The Morgan fingerprint density at radius 2 is 1.95 bits per heavy atom. The van der Waals surface area contributed by atoms with Crippen LogP contribution < -0.4 is 5.32 Å². The summed E-state index contributed by atoms with van der Waals surface area (Å²) in [4.78, 5) is 4.33. The quantitative estimate of drug-likeness (QED) is 0.799. The van der Waals surface area contributed by atoms with Gasteiger partial charge in [0.25, 0.3) is 0 Å². The Bertz CT molecular complexity index is 558. The molecule has 0 atom stereocenters. The fourth-order valence-electron chi connectivity index (χ4n) is 1.87. The largest absolute Gasteiger partial charge is 0.370 e. The van der Waals surface area contributed by atoms with Crippen LogP contribution in [-0.4, -0.2) is 17.2 Å². The molecule has 0 aliphatic heterocycles. The molecule has 0 aliphatic carbocycles. The van der Waals surface area contributed by atoms with Crippen LogP contribution in [0.1, 0.15) is 30.0 Å². The van der Waals surface area contributed by atoms with E-state index in [0.717, 1.165) is 29.9 Å². The van der Waals surface area contributed by atoms with Gasteiger partial charge < -0.3 is 5.32 Å². The first-order valence-electron chi connectivity index (χ1n) is 6.57. The van der Waals surface area contributed by atoms with Crippen molar-refractivity contribution in [3.63, 3.8) is 0 Å². The molecule has 2 rings (SSSR count). The second kappa shape index (κ2) is 6.14. The first kappa shape index (κ1) is 13.3. The number of pyridine rings is 1. The molecule has 0 unspecified atom stereocenters. The molecule has 0 saturated carbocycles. The second-order valence-electron chi connectivity index (χ2n) is 4.57. The molecule has 1 aromatic carbocycles. The number of nitrogens with one attached hydrogen (secondary N) is 2. The van der Waals surface area contributed by atoms with Gasteiger partial charge in [0, 0.05) is 23.9 Å². The molecular weight excluding hydrogens is 234 g/mol. The highest BCUT2D eigenvalue weighted by atomic mass is 15.0. The third kappa shape index (κ3) is 3.19. The second-order valence-corrected chi connectivity index (χ2v) is 4.57. The minimum Gasteiger partial charge on any atom is -0.370 e. The van der Waals surface area contributed by atoms with Crippen molar-refractivity contribution in [3.8, 4) is 0 Å². The molecule has 0 aliphatic rings. The van der Waals surface area contributed by atoms with Crippen molar-refractivity contribution in [2.75, 3.05) is 11.9 Å². The van der Waals surface area contributed by atoms with Gasteiger partial charge in [0.1, 0.15) is 5.82 Å². The fraction of sp³-hybridized carbons (Fsp3) is 0.250. The average molecular weight is 253 g/mol. The SMILES string of the molecule is CCCNc1ncccc1C(=N)c1ccc(C)cc1. The molecule has 0 bridgehead atoms. The highest BCUT2D eigenvalue weighted by Crippen LogP contribution is 2.17. The van der Waals surface area contributed by atoms with Gasteiger partial charge in [-0.15, -0.1) is 0 Å². The van der Waals surface area contributed by atoms with Gasteiger partial charge in [-0.05, 0) is 25.5 Å². The van der Waals surface area contributed by atoms with Gasteiger partial charge in [0.05, 0.1) is 5.71 Å². The van der Waals surface area contributed by atoms with E-state index in [-0.39, 0.29) is 0 Å². The number of rotatable bonds is 5. The minimum atomic E-state index is 0.506. The summed E-state index contributed by atoms with van der Waals surface area (Å²) < 4.78 is 0. The summed E-state index contributed by atoms with van der Waals surface area (Å²) in [6.07, 6.45) is 2.79. The van der Waals surface area contributed by atoms with E-state index in [9.17, 15) is 0 Å². The Labute approximate surface area is 114 Å². The summed E-state index contributed by atoms with van der Waals surface area (Å²) in [5.74, 6) is 0.787.